The zero-order chi connectivity index (χ0) is 11.0. The number of nitrogens with two attached hydrogens (primary N) is 2. The smallest absolute Gasteiger partial charge is 0.280 e. The number of thiophene rings is 1. The molecule has 15 heavy (non-hydrogen) atoms. The monoisotopic (exact) mass is 235 g/mol. The van der Waals surface area contributed by atoms with Gasteiger partial charge < -0.3 is 11.5 Å². The van der Waals surface area contributed by atoms with Crippen molar-refractivity contribution in [2.24, 2.45) is 5.73 Å². The van der Waals surface area contributed by atoms with Crippen LogP contribution in [0, 0.1) is 0 Å². The van der Waals surface area contributed by atoms with Crippen molar-refractivity contribution >= 4 is 52.9 Å². The zero-order valence-electron chi connectivity index (χ0n) is 8.02. The van der Waals surface area contributed by atoms with Gasteiger partial charge in [-0.15, -0.1) is 17.1 Å². The summed E-state index contributed by atoms with van der Waals surface area (Å²) in [6.07, 6.45) is 1.49. The third-order valence-electron chi connectivity index (χ3n) is 2.05. The molecule has 0 fully saturated rings. The average Bonchev–Trinajstić information content (AvgIpc) is 2.56. The molecule has 1 radical (unpaired) electrons. The summed E-state index contributed by atoms with van der Waals surface area (Å²) in [4.78, 5) is 20.5. The number of hydrogen-bond acceptors (Lipinski definition) is 5. The van der Waals surface area contributed by atoms with Crippen molar-refractivity contribution in [2.45, 2.75) is 5.79 Å². The topological polar surface area (TPSA) is 94.9 Å². The molecule has 2 rings (SSSR count). The zero-order valence-corrected chi connectivity index (χ0v) is 9.99. The Bertz CT molecular complexity index is 539. The van der Waals surface area contributed by atoms with Crippen molar-refractivity contribution in [2.75, 3.05) is 5.73 Å². The first-order valence-corrected chi connectivity index (χ1v) is 6.82. The Morgan fingerprint density at radius 3 is 2.87 bits per heavy atom. The average molecular weight is 235 g/mol. The lowest BCUT2D eigenvalue weighted by Gasteiger charge is -1.98. The van der Waals surface area contributed by atoms with Crippen molar-refractivity contribution in [3.8, 4) is 0 Å². The van der Waals surface area contributed by atoms with Crippen molar-refractivity contribution in [1.82, 2.24) is 9.97 Å². The molecule has 4 N–H and O–H groups in total. The number of amides is 1. The van der Waals surface area contributed by atoms with Gasteiger partial charge in [-0.3, -0.25) is 9.78 Å². The van der Waals surface area contributed by atoms with Crippen LogP contribution in [-0.4, -0.2) is 31.1 Å². The molecule has 1 amide bonds. The molecular formula is C8H8AlN4OS. The van der Waals surface area contributed by atoms with E-state index in [1.165, 1.54) is 17.7 Å². The largest absolute Gasteiger partial charge is 0.397 e. The van der Waals surface area contributed by atoms with Crippen LogP contribution < -0.4 is 16.0 Å². The SMILES string of the molecule is [CH3][Al][c]1ncnc2sc(C(N)=O)c(N)c12. The summed E-state index contributed by atoms with van der Waals surface area (Å²) in [6, 6.07) is 0. The number of carbonyl (C=O) groups excluding carboxylic acids is 1. The molecule has 0 unspecified atom stereocenters. The van der Waals surface area contributed by atoms with Gasteiger partial charge in [-0.1, -0.05) is 0 Å². The third kappa shape index (κ3) is 1.59. The molecule has 75 valence electrons. The van der Waals surface area contributed by atoms with Crippen LogP contribution in [0.2, 0.25) is 5.79 Å². The maximum atomic E-state index is 11.1. The van der Waals surface area contributed by atoms with Crippen LogP contribution in [0.4, 0.5) is 5.69 Å². The minimum Gasteiger partial charge on any atom is -0.397 e. The highest BCUT2D eigenvalue weighted by molar-refractivity contribution is 7.21. The van der Waals surface area contributed by atoms with Crippen LogP contribution in [0.15, 0.2) is 6.33 Å². The highest BCUT2D eigenvalue weighted by Gasteiger charge is 2.16. The van der Waals surface area contributed by atoms with Gasteiger partial charge in [-0.2, -0.15) is 0 Å². The van der Waals surface area contributed by atoms with Crippen LogP contribution in [0.3, 0.4) is 0 Å². The molecule has 5 nitrogen and oxygen atoms in total. The summed E-state index contributed by atoms with van der Waals surface area (Å²) >= 11 is 1.26. The van der Waals surface area contributed by atoms with Gasteiger partial charge in [0, 0.05) is 5.39 Å². The fraction of sp³-hybridized carbons (Fsp3) is 0.125. The number of anilines is 1. The molecule has 2 heterocycles. The Morgan fingerprint density at radius 2 is 2.27 bits per heavy atom. The maximum Gasteiger partial charge on any atom is 0.280 e. The maximum absolute atomic E-state index is 11.1. The second-order valence-electron chi connectivity index (χ2n) is 2.94. The predicted molar refractivity (Wildman–Crippen MR) is 61.6 cm³/mol. The van der Waals surface area contributed by atoms with Crippen LogP contribution >= 0.6 is 11.3 Å². The van der Waals surface area contributed by atoms with Gasteiger partial charge >= 0.3 is 0 Å². The third-order valence-corrected chi connectivity index (χ3v) is 4.16. The van der Waals surface area contributed by atoms with E-state index in [1.807, 2.05) is 0 Å². The summed E-state index contributed by atoms with van der Waals surface area (Å²) < 4.78 is 0.932. The molecule has 0 bridgehead atoms. The lowest BCUT2D eigenvalue weighted by atomic mass is 10.3. The number of nitrogen functional groups attached to an aromatic ring is 1. The van der Waals surface area contributed by atoms with Crippen molar-refractivity contribution in [3.63, 3.8) is 0 Å². The van der Waals surface area contributed by atoms with E-state index in [1.54, 1.807) is 0 Å². The summed E-state index contributed by atoms with van der Waals surface area (Å²) in [5.74, 6) is 1.55. The fourth-order valence-corrected chi connectivity index (χ4v) is 3.20. The number of primary amides is 1. The number of aromatic nitrogens is 2. The second-order valence-corrected chi connectivity index (χ2v) is 5.06. The summed E-state index contributed by atoms with van der Waals surface area (Å²) in [6.45, 7) is 0. The fourth-order valence-electron chi connectivity index (χ4n) is 1.38. The van der Waals surface area contributed by atoms with Gasteiger partial charge in [-0.25, -0.2) is 4.98 Å². The first-order chi connectivity index (χ1) is 7.15. The van der Waals surface area contributed by atoms with E-state index in [0.29, 0.717) is 10.6 Å². The van der Waals surface area contributed by atoms with Crippen molar-refractivity contribution in [3.05, 3.63) is 11.2 Å². The normalized spacial score (nSPS) is 10.5. The van der Waals surface area contributed by atoms with Gasteiger partial charge in [0.25, 0.3) is 21.1 Å². The van der Waals surface area contributed by atoms with Crippen molar-refractivity contribution < 1.29 is 4.79 Å². The van der Waals surface area contributed by atoms with Crippen LogP contribution in [0.5, 0.6) is 0 Å². The van der Waals surface area contributed by atoms with E-state index in [2.05, 4.69) is 15.8 Å². The Balaban J connectivity index is 2.82. The minimum atomic E-state index is -0.507. The number of fused-ring (bicyclic) bond motifs is 1. The highest BCUT2D eigenvalue weighted by Crippen LogP contribution is 2.29. The van der Waals surface area contributed by atoms with Crippen LogP contribution in [0.25, 0.3) is 10.2 Å². The molecule has 0 spiro atoms. The molecule has 0 aromatic carbocycles. The number of carbonyl (C=O) groups is 1. The molecule has 0 aliphatic rings. The molecule has 0 saturated carbocycles. The molecular weight excluding hydrogens is 227 g/mol. The summed E-state index contributed by atoms with van der Waals surface area (Å²) in [5, 5.41) is 0.800. The van der Waals surface area contributed by atoms with E-state index in [-0.39, 0.29) is 15.2 Å². The Morgan fingerprint density at radius 1 is 1.53 bits per heavy atom. The lowest BCUT2D eigenvalue weighted by molar-refractivity contribution is 0.100. The molecule has 7 heteroatoms. The van der Waals surface area contributed by atoms with E-state index in [9.17, 15) is 4.79 Å². The molecule has 0 aliphatic carbocycles. The second kappa shape index (κ2) is 3.78. The Hall–Kier alpha value is -1.16. The lowest BCUT2D eigenvalue weighted by Crippen LogP contribution is -2.17. The quantitative estimate of drug-likeness (QED) is 0.702. The van der Waals surface area contributed by atoms with Crippen LogP contribution in [-0.2, 0) is 0 Å². The highest BCUT2D eigenvalue weighted by atomic mass is 32.1. The number of hydrogen-bond donors (Lipinski definition) is 2. The molecule has 0 saturated heterocycles. The minimum absolute atomic E-state index is 0.0354. The van der Waals surface area contributed by atoms with E-state index in [4.69, 9.17) is 11.5 Å². The number of nitrogens with zero attached hydrogens (tertiary/aromatic N) is 2. The number of rotatable bonds is 2. The van der Waals surface area contributed by atoms with E-state index < -0.39 is 5.91 Å². The van der Waals surface area contributed by atoms with Crippen LogP contribution in [0.1, 0.15) is 9.67 Å². The van der Waals surface area contributed by atoms with Crippen molar-refractivity contribution in [1.29, 1.82) is 0 Å². The Labute approximate surface area is 96.2 Å². The molecule has 0 atom stereocenters. The van der Waals surface area contributed by atoms with Gasteiger partial charge in [0.05, 0.1) is 5.69 Å². The summed E-state index contributed by atoms with van der Waals surface area (Å²) in [7, 11) is 0. The first-order valence-electron chi connectivity index (χ1n) is 4.27. The van der Waals surface area contributed by atoms with Gasteiger partial charge in [-0.05, 0) is 4.56 Å². The standard InChI is InChI=1S/C7H5N4OS.CH3.Al/c8-4-3-1-10-2-11-7(3)13-5(4)6(9)12;;/h2H,8H2,(H2,9,12);1H3;. The summed E-state index contributed by atoms with van der Waals surface area (Å²) in [5.41, 5.74) is 11.5. The van der Waals surface area contributed by atoms with Gasteiger partial charge in [0.1, 0.15) is 16.0 Å². The van der Waals surface area contributed by atoms with Gasteiger partial charge in [0.15, 0.2) is 0 Å². The molecule has 2 aromatic rings. The first kappa shape index (κ1) is 10.4. The van der Waals surface area contributed by atoms with E-state index in [0.717, 1.165) is 14.8 Å². The van der Waals surface area contributed by atoms with E-state index >= 15 is 0 Å². The Kier molecular flexibility index (Phi) is 2.61. The van der Waals surface area contributed by atoms with Gasteiger partial charge in [0.2, 0.25) is 0 Å². The predicted octanol–water partition coefficient (Wildman–Crippen LogP) is -0.250. The molecule has 2 aromatic heterocycles. The molecule has 0 aliphatic heterocycles.